The van der Waals surface area contributed by atoms with Crippen LogP contribution in [0.2, 0.25) is 0 Å². The number of benzene rings is 2. The summed E-state index contributed by atoms with van der Waals surface area (Å²) in [6.45, 7) is 1.53. The van der Waals surface area contributed by atoms with Crippen LogP contribution < -0.4 is 10.6 Å². The number of nitrogens with zero attached hydrogens (tertiary/aromatic N) is 2. The maximum absolute atomic E-state index is 13.4. The highest BCUT2D eigenvalue weighted by atomic mass is 19.1. The summed E-state index contributed by atoms with van der Waals surface area (Å²) in [6.07, 6.45) is 0.947. The van der Waals surface area contributed by atoms with Gasteiger partial charge in [0.05, 0.1) is 17.6 Å². The molecule has 0 amide bonds. The van der Waals surface area contributed by atoms with Gasteiger partial charge in [-0.3, -0.25) is 0 Å². The number of H-pyrrole nitrogens is 1. The minimum Gasteiger partial charge on any atom is -0.399 e. The highest BCUT2D eigenvalue weighted by molar-refractivity contribution is 5.78. The predicted molar refractivity (Wildman–Crippen MR) is 81.7 cm³/mol. The zero-order valence-corrected chi connectivity index (χ0v) is 11.4. The molecule has 0 radical (unpaired) electrons. The van der Waals surface area contributed by atoms with E-state index in [-0.39, 0.29) is 5.82 Å². The van der Waals surface area contributed by atoms with Crippen molar-refractivity contribution in [3.63, 3.8) is 0 Å². The lowest BCUT2D eigenvalue weighted by Crippen LogP contribution is -2.20. The fourth-order valence-corrected chi connectivity index (χ4v) is 2.92. The third-order valence-electron chi connectivity index (χ3n) is 3.93. The number of hydrogen-bond acceptors (Lipinski definition) is 3. The first-order valence-corrected chi connectivity index (χ1v) is 6.96. The quantitative estimate of drug-likeness (QED) is 0.711. The summed E-state index contributed by atoms with van der Waals surface area (Å²) in [4.78, 5) is 10.0. The molecule has 21 heavy (non-hydrogen) atoms. The molecular weight excluding hydrogens is 267 g/mol. The summed E-state index contributed by atoms with van der Waals surface area (Å²) >= 11 is 0. The van der Waals surface area contributed by atoms with Crippen LogP contribution in [0.1, 0.15) is 11.4 Å². The summed E-state index contributed by atoms with van der Waals surface area (Å²) in [7, 11) is 0. The number of aromatic nitrogens is 2. The van der Waals surface area contributed by atoms with Crippen LogP contribution in [-0.4, -0.2) is 16.5 Å². The highest BCUT2D eigenvalue weighted by Gasteiger charge is 2.20. The maximum Gasteiger partial charge on any atom is 0.126 e. The number of imidazole rings is 1. The van der Waals surface area contributed by atoms with Gasteiger partial charge in [-0.1, -0.05) is 6.07 Å². The van der Waals surface area contributed by atoms with E-state index in [1.807, 2.05) is 24.3 Å². The van der Waals surface area contributed by atoms with Crippen molar-refractivity contribution >= 4 is 22.4 Å². The molecule has 2 heterocycles. The number of nitrogens with two attached hydrogens (primary N) is 1. The molecule has 0 unspecified atom stereocenters. The Bertz CT molecular complexity index is 824. The molecule has 0 bridgehead atoms. The monoisotopic (exact) mass is 282 g/mol. The highest BCUT2D eigenvalue weighted by Crippen LogP contribution is 2.30. The molecule has 3 N–H and O–H groups in total. The number of rotatable bonds is 2. The zero-order valence-electron chi connectivity index (χ0n) is 11.4. The first kappa shape index (κ1) is 12.2. The molecule has 0 fully saturated rings. The number of halogens is 1. The lowest BCUT2D eigenvalue weighted by molar-refractivity contribution is 0.627. The van der Waals surface area contributed by atoms with Crippen LogP contribution in [0.5, 0.6) is 0 Å². The Kier molecular flexibility index (Phi) is 2.60. The van der Waals surface area contributed by atoms with Gasteiger partial charge in [-0.05, 0) is 42.3 Å². The molecule has 3 aromatic rings. The van der Waals surface area contributed by atoms with Crippen LogP contribution in [0.3, 0.4) is 0 Å². The van der Waals surface area contributed by atoms with E-state index in [0.717, 1.165) is 35.5 Å². The van der Waals surface area contributed by atoms with Gasteiger partial charge >= 0.3 is 0 Å². The molecule has 0 saturated carbocycles. The molecule has 1 aliphatic heterocycles. The van der Waals surface area contributed by atoms with Gasteiger partial charge in [-0.15, -0.1) is 0 Å². The Morgan fingerprint density at radius 1 is 1.24 bits per heavy atom. The van der Waals surface area contributed by atoms with Crippen molar-refractivity contribution in [2.75, 3.05) is 17.2 Å². The molecule has 0 saturated heterocycles. The number of anilines is 2. The maximum atomic E-state index is 13.4. The molecule has 0 aliphatic carbocycles. The van der Waals surface area contributed by atoms with E-state index in [1.54, 1.807) is 6.07 Å². The number of nitrogens with one attached hydrogen (secondary N) is 1. The standard InChI is InChI=1S/C16H15FN4/c17-11-2-1-10-5-6-21(15(10)7-11)9-16-19-13-4-3-12(18)8-14(13)20-16/h1-4,7-8H,5-6,9,18H2,(H,19,20). The van der Waals surface area contributed by atoms with E-state index >= 15 is 0 Å². The van der Waals surface area contributed by atoms with Crippen molar-refractivity contribution < 1.29 is 4.39 Å². The molecule has 4 nitrogen and oxygen atoms in total. The molecule has 0 spiro atoms. The SMILES string of the molecule is Nc1ccc2nc(CN3CCc4ccc(F)cc43)[nH]c2c1. The van der Waals surface area contributed by atoms with Gasteiger partial charge in [0.25, 0.3) is 0 Å². The summed E-state index contributed by atoms with van der Waals surface area (Å²) in [5.41, 5.74) is 10.5. The molecule has 1 aliphatic rings. The number of hydrogen-bond donors (Lipinski definition) is 2. The normalized spacial score (nSPS) is 13.9. The van der Waals surface area contributed by atoms with Gasteiger partial charge in [0, 0.05) is 17.9 Å². The van der Waals surface area contributed by atoms with Crippen LogP contribution in [-0.2, 0) is 13.0 Å². The average Bonchev–Trinajstić information content (AvgIpc) is 3.02. The Morgan fingerprint density at radius 2 is 2.14 bits per heavy atom. The summed E-state index contributed by atoms with van der Waals surface area (Å²) in [5, 5.41) is 0. The van der Waals surface area contributed by atoms with Gasteiger partial charge in [0.1, 0.15) is 11.6 Å². The predicted octanol–water partition coefficient (Wildman–Crippen LogP) is 2.85. The average molecular weight is 282 g/mol. The van der Waals surface area contributed by atoms with E-state index in [1.165, 1.54) is 11.6 Å². The third-order valence-corrected chi connectivity index (χ3v) is 3.93. The van der Waals surface area contributed by atoms with Crippen molar-refractivity contribution in [3.8, 4) is 0 Å². The lowest BCUT2D eigenvalue weighted by Gasteiger charge is -2.17. The van der Waals surface area contributed by atoms with Crippen LogP contribution >= 0.6 is 0 Å². The van der Waals surface area contributed by atoms with Crippen LogP contribution in [0.25, 0.3) is 11.0 Å². The first-order chi connectivity index (χ1) is 10.2. The fraction of sp³-hybridized carbons (Fsp3) is 0.188. The Balaban J connectivity index is 1.65. The van der Waals surface area contributed by atoms with Crippen LogP contribution in [0, 0.1) is 5.82 Å². The second-order valence-corrected chi connectivity index (χ2v) is 5.40. The van der Waals surface area contributed by atoms with Crippen molar-refractivity contribution in [2.45, 2.75) is 13.0 Å². The number of aromatic amines is 1. The topological polar surface area (TPSA) is 57.9 Å². The lowest BCUT2D eigenvalue weighted by atomic mass is 10.2. The molecular formula is C16H15FN4. The molecule has 4 rings (SSSR count). The fourth-order valence-electron chi connectivity index (χ4n) is 2.92. The Morgan fingerprint density at radius 3 is 3.05 bits per heavy atom. The largest absolute Gasteiger partial charge is 0.399 e. The Labute approximate surface area is 121 Å². The van der Waals surface area contributed by atoms with E-state index in [4.69, 9.17) is 5.73 Å². The van der Waals surface area contributed by atoms with Crippen molar-refractivity contribution in [2.24, 2.45) is 0 Å². The van der Waals surface area contributed by atoms with Crippen LogP contribution in [0.4, 0.5) is 15.8 Å². The minimum absolute atomic E-state index is 0.196. The minimum atomic E-state index is -0.196. The van der Waals surface area contributed by atoms with Gasteiger partial charge in [0.15, 0.2) is 0 Å². The van der Waals surface area contributed by atoms with Gasteiger partial charge in [0.2, 0.25) is 0 Å². The smallest absolute Gasteiger partial charge is 0.126 e. The van der Waals surface area contributed by atoms with Crippen molar-refractivity contribution in [1.29, 1.82) is 0 Å². The zero-order chi connectivity index (χ0) is 14.4. The molecule has 1 aromatic heterocycles. The van der Waals surface area contributed by atoms with Gasteiger partial charge in [-0.2, -0.15) is 0 Å². The van der Waals surface area contributed by atoms with Gasteiger partial charge < -0.3 is 15.6 Å². The van der Waals surface area contributed by atoms with E-state index in [9.17, 15) is 4.39 Å². The second-order valence-electron chi connectivity index (χ2n) is 5.40. The van der Waals surface area contributed by atoms with E-state index < -0.39 is 0 Å². The Hall–Kier alpha value is -2.56. The van der Waals surface area contributed by atoms with Gasteiger partial charge in [-0.25, -0.2) is 9.37 Å². The summed E-state index contributed by atoms with van der Waals surface area (Å²) < 4.78 is 13.4. The summed E-state index contributed by atoms with van der Waals surface area (Å²) in [5.74, 6) is 0.672. The number of fused-ring (bicyclic) bond motifs is 2. The third kappa shape index (κ3) is 2.11. The van der Waals surface area contributed by atoms with Crippen molar-refractivity contribution in [3.05, 3.63) is 53.6 Å². The molecule has 5 heteroatoms. The molecule has 106 valence electrons. The summed E-state index contributed by atoms with van der Waals surface area (Å²) in [6, 6.07) is 10.6. The molecule has 2 aromatic carbocycles. The second kappa shape index (κ2) is 4.48. The van der Waals surface area contributed by atoms with Crippen molar-refractivity contribution in [1.82, 2.24) is 9.97 Å². The van der Waals surface area contributed by atoms with E-state index in [0.29, 0.717) is 12.2 Å². The molecule has 0 atom stereocenters. The number of nitrogen functional groups attached to an aromatic ring is 1. The van der Waals surface area contributed by atoms with E-state index in [2.05, 4.69) is 14.9 Å². The van der Waals surface area contributed by atoms with Crippen LogP contribution in [0.15, 0.2) is 36.4 Å². The first-order valence-electron chi connectivity index (χ1n) is 6.96.